The number of halogens is 1. The van der Waals surface area contributed by atoms with E-state index in [1.807, 2.05) is 0 Å². The maximum Gasteiger partial charge on any atom is 0.441 e. The predicted molar refractivity (Wildman–Crippen MR) is 68.5 cm³/mol. The van der Waals surface area contributed by atoms with E-state index in [2.05, 4.69) is 14.4 Å². The number of aromatic nitrogens is 2. The molecular formula is C12H18FN3O4. The zero-order chi connectivity index (χ0) is 15.3. The van der Waals surface area contributed by atoms with Crippen molar-refractivity contribution in [1.29, 1.82) is 0 Å². The lowest BCUT2D eigenvalue weighted by Gasteiger charge is -2.20. The van der Waals surface area contributed by atoms with E-state index in [4.69, 9.17) is 5.73 Å². The Labute approximate surface area is 115 Å². The molecule has 1 unspecified atom stereocenters. The molecule has 1 aromatic rings. The maximum atomic E-state index is 13.6. The van der Waals surface area contributed by atoms with Gasteiger partial charge in [-0.3, -0.25) is 13.9 Å². The first-order valence-electron chi connectivity index (χ1n) is 6.03. The molecule has 20 heavy (non-hydrogen) atoms. The number of hydrogen-bond acceptors (Lipinski definition) is 6. The van der Waals surface area contributed by atoms with Crippen LogP contribution in [0.5, 0.6) is 0 Å². The molecule has 0 spiro atoms. The third kappa shape index (κ3) is 4.02. The molecule has 8 heteroatoms. The average Bonchev–Trinajstić information content (AvgIpc) is 2.72. The fourth-order valence-electron chi connectivity index (χ4n) is 1.55. The maximum absolute atomic E-state index is 13.6. The lowest BCUT2D eigenvalue weighted by molar-refractivity contribution is -0.146. The molecule has 0 amide bonds. The zero-order valence-corrected chi connectivity index (χ0v) is 11.7. The second-order valence-electron chi connectivity index (χ2n) is 4.67. The molecule has 0 aromatic carbocycles. The van der Waals surface area contributed by atoms with Gasteiger partial charge in [0.05, 0.1) is 19.5 Å². The molecule has 112 valence electrons. The van der Waals surface area contributed by atoms with E-state index < -0.39 is 23.1 Å². The summed E-state index contributed by atoms with van der Waals surface area (Å²) in [6.45, 7) is 3.06. The van der Waals surface area contributed by atoms with Crippen LogP contribution >= 0.6 is 0 Å². The molecule has 0 aliphatic heterocycles. The van der Waals surface area contributed by atoms with Gasteiger partial charge < -0.3 is 10.5 Å². The SMILES string of the molecule is COC(=O)C(C)(N)CCC(F)=CCn1c(C)noc1=O. The number of carbonyl (C=O) groups excluding carboxylic acids is 1. The molecule has 0 saturated carbocycles. The molecule has 1 aromatic heterocycles. The molecule has 7 nitrogen and oxygen atoms in total. The minimum Gasteiger partial charge on any atom is -0.468 e. The summed E-state index contributed by atoms with van der Waals surface area (Å²) in [6.07, 6.45) is 1.29. The number of nitrogens with zero attached hydrogens (tertiary/aromatic N) is 2. The van der Waals surface area contributed by atoms with Crippen molar-refractivity contribution in [2.75, 3.05) is 7.11 Å². The first-order chi connectivity index (χ1) is 9.27. The van der Waals surface area contributed by atoms with Crippen molar-refractivity contribution in [3.05, 3.63) is 28.3 Å². The van der Waals surface area contributed by atoms with E-state index >= 15 is 0 Å². The van der Waals surface area contributed by atoms with Crippen LogP contribution in [-0.2, 0) is 16.1 Å². The molecule has 0 fully saturated rings. The molecule has 0 aliphatic rings. The zero-order valence-electron chi connectivity index (χ0n) is 11.7. The summed E-state index contributed by atoms with van der Waals surface area (Å²) in [5, 5.41) is 3.46. The third-order valence-corrected chi connectivity index (χ3v) is 2.90. The van der Waals surface area contributed by atoms with Crippen molar-refractivity contribution in [2.45, 2.75) is 38.8 Å². The van der Waals surface area contributed by atoms with Gasteiger partial charge in [-0.15, -0.1) is 0 Å². The largest absolute Gasteiger partial charge is 0.468 e. The standard InChI is InChI=1S/C12H18FN3O4/c1-8-15-20-11(18)16(8)7-5-9(13)4-6-12(2,14)10(17)19-3/h5H,4,6-7,14H2,1-3H3. The van der Waals surface area contributed by atoms with Gasteiger partial charge >= 0.3 is 11.7 Å². The highest BCUT2D eigenvalue weighted by Crippen LogP contribution is 2.16. The van der Waals surface area contributed by atoms with E-state index in [-0.39, 0.29) is 19.4 Å². The molecule has 0 radical (unpaired) electrons. The van der Waals surface area contributed by atoms with Gasteiger partial charge in [0.15, 0.2) is 5.82 Å². The normalized spacial score (nSPS) is 14.9. The third-order valence-electron chi connectivity index (χ3n) is 2.90. The first-order valence-corrected chi connectivity index (χ1v) is 6.03. The van der Waals surface area contributed by atoms with Crippen molar-refractivity contribution in [2.24, 2.45) is 5.73 Å². The summed E-state index contributed by atoms with van der Waals surface area (Å²) in [4.78, 5) is 22.5. The summed E-state index contributed by atoms with van der Waals surface area (Å²) >= 11 is 0. The number of allylic oxidation sites excluding steroid dienone is 2. The van der Waals surface area contributed by atoms with Gasteiger partial charge in [0, 0.05) is 6.42 Å². The van der Waals surface area contributed by atoms with E-state index in [1.54, 1.807) is 6.92 Å². The molecule has 1 atom stereocenters. The Kier molecular flexibility index (Phi) is 5.20. The fraction of sp³-hybridized carbons (Fsp3) is 0.583. The van der Waals surface area contributed by atoms with Crippen LogP contribution < -0.4 is 11.5 Å². The average molecular weight is 287 g/mol. The van der Waals surface area contributed by atoms with Crippen molar-refractivity contribution in [1.82, 2.24) is 9.72 Å². The summed E-state index contributed by atoms with van der Waals surface area (Å²) < 4.78 is 23.8. The topological polar surface area (TPSA) is 100 Å². The fourth-order valence-corrected chi connectivity index (χ4v) is 1.55. The lowest BCUT2D eigenvalue weighted by atomic mass is 9.97. The summed E-state index contributed by atoms with van der Waals surface area (Å²) in [6, 6.07) is 0. The van der Waals surface area contributed by atoms with Crippen molar-refractivity contribution >= 4 is 5.97 Å². The van der Waals surface area contributed by atoms with E-state index in [1.165, 1.54) is 24.7 Å². The molecule has 0 aliphatic carbocycles. The van der Waals surface area contributed by atoms with Crippen LogP contribution in [0.1, 0.15) is 25.6 Å². The van der Waals surface area contributed by atoms with Gasteiger partial charge in [-0.1, -0.05) is 5.16 Å². The summed E-state index contributed by atoms with van der Waals surface area (Å²) in [5.41, 5.74) is 4.46. The number of aryl methyl sites for hydroxylation is 1. The van der Waals surface area contributed by atoms with E-state index in [9.17, 15) is 14.0 Å². The molecule has 0 bridgehead atoms. The number of carbonyl (C=O) groups is 1. The monoisotopic (exact) mass is 287 g/mol. The lowest BCUT2D eigenvalue weighted by Crippen LogP contribution is -2.45. The first kappa shape index (κ1) is 16.1. The number of nitrogens with two attached hydrogens (primary N) is 1. The Morgan fingerprint density at radius 2 is 2.30 bits per heavy atom. The Bertz CT molecular complexity index is 559. The number of methoxy groups -OCH3 is 1. The minimum absolute atomic E-state index is 0.0134. The molecule has 1 heterocycles. The van der Waals surface area contributed by atoms with Crippen LogP contribution in [0.2, 0.25) is 0 Å². The van der Waals surface area contributed by atoms with Crippen molar-refractivity contribution in [3.63, 3.8) is 0 Å². The van der Waals surface area contributed by atoms with Gasteiger partial charge in [-0.25, -0.2) is 9.18 Å². The number of rotatable bonds is 6. The Morgan fingerprint density at radius 1 is 1.65 bits per heavy atom. The van der Waals surface area contributed by atoms with Gasteiger partial charge in [0.2, 0.25) is 0 Å². The molecular weight excluding hydrogens is 269 g/mol. The molecule has 2 N–H and O–H groups in total. The number of ether oxygens (including phenoxy) is 1. The van der Waals surface area contributed by atoms with Gasteiger partial charge in [-0.05, 0) is 26.3 Å². The van der Waals surface area contributed by atoms with E-state index in [0.717, 1.165) is 0 Å². The highest BCUT2D eigenvalue weighted by molar-refractivity contribution is 5.79. The highest BCUT2D eigenvalue weighted by Gasteiger charge is 2.29. The second-order valence-corrected chi connectivity index (χ2v) is 4.67. The van der Waals surface area contributed by atoms with E-state index in [0.29, 0.717) is 5.82 Å². The second kappa shape index (κ2) is 6.47. The summed E-state index contributed by atoms with van der Waals surface area (Å²) in [5.74, 6) is -1.36. The van der Waals surface area contributed by atoms with Crippen LogP contribution in [0.25, 0.3) is 0 Å². The van der Waals surface area contributed by atoms with Crippen LogP contribution in [0.15, 0.2) is 21.2 Å². The van der Waals surface area contributed by atoms with Gasteiger partial charge in [0.25, 0.3) is 0 Å². The molecule has 0 saturated heterocycles. The Hall–Kier alpha value is -1.96. The molecule has 1 rings (SSSR count). The quantitative estimate of drug-likeness (QED) is 0.772. The Balaban J connectivity index is 2.59. The Morgan fingerprint density at radius 3 is 2.80 bits per heavy atom. The van der Waals surface area contributed by atoms with Crippen LogP contribution in [0.3, 0.4) is 0 Å². The van der Waals surface area contributed by atoms with Gasteiger partial charge in [0.1, 0.15) is 5.54 Å². The van der Waals surface area contributed by atoms with Crippen LogP contribution in [-0.4, -0.2) is 28.3 Å². The van der Waals surface area contributed by atoms with Gasteiger partial charge in [-0.2, -0.15) is 0 Å². The minimum atomic E-state index is -1.25. The smallest absolute Gasteiger partial charge is 0.441 e. The van der Waals surface area contributed by atoms with Crippen LogP contribution in [0, 0.1) is 6.92 Å². The highest BCUT2D eigenvalue weighted by atomic mass is 19.1. The number of hydrogen-bond donors (Lipinski definition) is 1. The number of esters is 1. The van der Waals surface area contributed by atoms with Crippen molar-refractivity contribution in [3.8, 4) is 0 Å². The van der Waals surface area contributed by atoms with Crippen LogP contribution in [0.4, 0.5) is 4.39 Å². The predicted octanol–water partition coefficient (Wildman–Crippen LogP) is 0.669. The van der Waals surface area contributed by atoms with Crippen molar-refractivity contribution < 1.29 is 18.4 Å². The summed E-state index contributed by atoms with van der Waals surface area (Å²) in [7, 11) is 1.22.